The number of ether oxygens (including phenoxy) is 1. The van der Waals surface area contributed by atoms with Crippen LogP contribution in [0.3, 0.4) is 0 Å². The van der Waals surface area contributed by atoms with Gasteiger partial charge in [-0.25, -0.2) is 0 Å². The third kappa shape index (κ3) is 5.80. The molecule has 1 amide bonds. The first kappa shape index (κ1) is 19.9. The van der Waals surface area contributed by atoms with Gasteiger partial charge >= 0.3 is 0 Å². The molecule has 3 rings (SSSR count). The zero-order valence-corrected chi connectivity index (χ0v) is 16.6. The van der Waals surface area contributed by atoms with Crippen molar-refractivity contribution in [2.24, 2.45) is 0 Å². The lowest BCUT2D eigenvalue weighted by Gasteiger charge is -2.29. The summed E-state index contributed by atoms with van der Waals surface area (Å²) in [6.45, 7) is 5.06. The lowest BCUT2D eigenvalue weighted by molar-refractivity contribution is -0.130. The average Bonchev–Trinajstić information content (AvgIpc) is 2.71. The van der Waals surface area contributed by atoms with E-state index in [-0.39, 0.29) is 11.8 Å². The van der Waals surface area contributed by atoms with Gasteiger partial charge in [-0.3, -0.25) is 9.69 Å². The minimum atomic E-state index is 0.00300. The van der Waals surface area contributed by atoms with Gasteiger partial charge in [0.05, 0.1) is 13.2 Å². The van der Waals surface area contributed by atoms with Crippen molar-refractivity contribution in [3.63, 3.8) is 0 Å². The molecule has 1 aliphatic heterocycles. The molecular formula is C22H27ClN2O2. The van der Waals surface area contributed by atoms with Crippen LogP contribution in [-0.2, 0) is 9.53 Å². The molecular weight excluding hydrogens is 360 g/mol. The number of morpholine rings is 1. The van der Waals surface area contributed by atoms with Crippen LogP contribution in [-0.4, -0.2) is 62.1 Å². The van der Waals surface area contributed by atoms with E-state index in [9.17, 15) is 4.79 Å². The van der Waals surface area contributed by atoms with Crippen LogP contribution in [0.5, 0.6) is 0 Å². The van der Waals surface area contributed by atoms with Crippen molar-refractivity contribution in [2.45, 2.75) is 12.3 Å². The fourth-order valence-electron chi connectivity index (χ4n) is 3.41. The van der Waals surface area contributed by atoms with Crippen molar-refractivity contribution in [3.8, 4) is 0 Å². The summed E-state index contributed by atoms with van der Waals surface area (Å²) in [5.74, 6) is 0.153. The van der Waals surface area contributed by atoms with Gasteiger partial charge in [-0.05, 0) is 23.3 Å². The monoisotopic (exact) mass is 386 g/mol. The second kappa shape index (κ2) is 9.88. The Bertz CT molecular complexity index is 732. The van der Waals surface area contributed by atoms with Crippen molar-refractivity contribution in [3.05, 3.63) is 70.7 Å². The third-order valence-corrected chi connectivity index (χ3v) is 5.35. The van der Waals surface area contributed by atoms with E-state index in [2.05, 4.69) is 17.0 Å². The number of likely N-dealkylation sites (N-methyl/N-ethyl adjacent to an activating group) is 1. The van der Waals surface area contributed by atoms with Crippen LogP contribution in [0.25, 0.3) is 0 Å². The Morgan fingerprint density at radius 1 is 1.11 bits per heavy atom. The highest BCUT2D eigenvalue weighted by Gasteiger charge is 2.21. The number of rotatable bonds is 7. The normalized spacial score (nSPS) is 16.1. The molecule has 0 aliphatic carbocycles. The van der Waals surface area contributed by atoms with E-state index in [1.54, 1.807) is 0 Å². The number of carbonyl (C=O) groups excluding carboxylic acids is 1. The van der Waals surface area contributed by atoms with E-state index < -0.39 is 0 Å². The SMILES string of the molecule is CN(CCN1CCOCC1)C(=O)C[C@@H](c1ccccc1)c1cccc(Cl)c1. The standard InChI is InChI=1S/C22H27ClN2O2/c1-24(10-11-25-12-14-27-15-13-25)22(26)17-21(18-6-3-2-4-7-18)19-8-5-9-20(23)16-19/h2-9,16,21H,10-15,17H2,1H3/t21-/m0/s1. The molecule has 0 bridgehead atoms. The number of nitrogens with zero attached hydrogens (tertiary/aromatic N) is 2. The van der Waals surface area contributed by atoms with E-state index in [1.807, 2.05) is 54.4 Å². The van der Waals surface area contributed by atoms with E-state index in [1.165, 1.54) is 0 Å². The number of halogens is 1. The molecule has 5 heteroatoms. The molecule has 0 aromatic heterocycles. The minimum Gasteiger partial charge on any atom is -0.379 e. The second-order valence-electron chi connectivity index (χ2n) is 6.99. The Morgan fingerprint density at radius 2 is 1.81 bits per heavy atom. The van der Waals surface area contributed by atoms with E-state index in [4.69, 9.17) is 16.3 Å². The van der Waals surface area contributed by atoms with Crippen LogP contribution in [0.1, 0.15) is 23.5 Å². The highest BCUT2D eigenvalue weighted by Crippen LogP contribution is 2.30. The predicted octanol–water partition coefficient (Wildman–Crippen LogP) is 3.65. The molecule has 1 saturated heterocycles. The molecule has 144 valence electrons. The summed E-state index contributed by atoms with van der Waals surface area (Å²) in [5.41, 5.74) is 2.21. The molecule has 1 aliphatic rings. The fraction of sp³-hybridized carbons (Fsp3) is 0.409. The Labute approximate surface area is 166 Å². The summed E-state index contributed by atoms with van der Waals surface area (Å²) >= 11 is 6.20. The molecule has 1 heterocycles. The average molecular weight is 387 g/mol. The summed E-state index contributed by atoms with van der Waals surface area (Å²) in [5, 5.41) is 0.696. The molecule has 1 fully saturated rings. The molecule has 0 saturated carbocycles. The van der Waals surface area contributed by atoms with Gasteiger partial charge in [-0.15, -0.1) is 0 Å². The van der Waals surface area contributed by atoms with Gasteiger partial charge in [-0.2, -0.15) is 0 Å². The van der Waals surface area contributed by atoms with Crippen molar-refractivity contribution < 1.29 is 9.53 Å². The van der Waals surface area contributed by atoms with E-state index in [0.717, 1.165) is 50.5 Å². The highest BCUT2D eigenvalue weighted by atomic mass is 35.5. The molecule has 1 atom stereocenters. The molecule has 2 aromatic carbocycles. The van der Waals surface area contributed by atoms with Gasteiger partial charge in [0.25, 0.3) is 0 Å². The van der Waals surface area contributed by atoms with E-state index in [0.29, 0.717) is 11.4 Å². The largest absolute Gasteiger partial charge is 0.379 e. The topological polar surface area (TPSA) is 32.8 Å². The predicted molar refractivity (Wildman–Crippen MR) is 109 cm³/mol. The first-order valence-corrected chi connectivity index (χ1v) is 9.86. The number of benzene rings is 2. The zero-order chi connectivity index (χ0) is 19.1. The summed E-state index contributed by atoms with van der Waals surface area (Å²) < 4.78 is 5.38. The molecule has 0 radical (unpaired) electrons. The quantitative estimate of drug-likeness (QED) is 0.728. The van der Waals surface area contributed by atoms with Crippen LogP contribution < -0.4 is 0 Å². The smallest absolute Gasteiger partial charge is 0.223 e. The molecule has 0 unspecified atom stereocenters. The number of amides is 1. The Balaban J connectivity index is 1.66. The van der Waals surface area contributed by atoms with Crippen molar-refractivity contribution >= 4 is 17.5 Å². The lowest BCUT2D eigenvalue weighted by Crippen LogP contribution is -2.42. The molecule has 2 aromatic rings. The molecule has 0 N–H and O–H groups in total. The van der Waals surface area contributed by atoms with Gasteiger partial charge in [0.2, 0.25) is 5.91 Å². The van der Waals surface area contributed by atoms with Crippen LogP contribution in [0.2, 0.25) is 5.02 Å². The maximum atomic E-state index is 12.9. The number of hydrogen-bond donors (Lipinski definition) is 0. The van der Waals surface area contributed by atoms with Crippen LogP contribution in [0.4, 0.5) is 0 Å². The van der Waals surface area contributed by atoms with Gasteiger partial charge in [0, 0.05) is 50.6 Å². The Hall–Kier alpha value is -1.88. The molecule has 0 spiro atoms. The van der Waals surface area contributed by atoms with Crippen LogP contribution >= 0.6 is 11.6 Å². The zero-order valence-electron chi connectivity index (χ0n) is 15.8. The fourth-order valence-corrected chi connectivity index (χ4v) is 3.61. The molecule has 4 nitrogen and oxygen atoms in total. The minimum absolute atomic E-state index is 0.00300. The number of carbonyl (C=O) groups is 1. The second-order valence-corrected chi connectivity index (χ2v) is 7.43. The Morgan fingerprint density at radius 3 is 2.52 bits per heavy atom. The third-order valence-electron chi connectivity index (χ3n) is 5.11. The maximum Gasteiger partial charge on any atom is 0.223 e. The van der Waals surface area contributed by atoms with Crippen LogP contribution in [0, 0.1) is 0 Å². The van der Waals surface area contributed by atoms with Crippen LogP contribution in [0.15, 0.2) is 54.6 Å². The summed E-state index contributed by atoms with van der Waals surface area (Å²) in [6, 6.07) is 18.0. The van der Waals surface area contributed by atoms with Gasteiger partial charge in [-0.1, -0.05) is 54.1 Å². The van der Waals surface area contributed by atoms with E-state index >= 15 is 0 Å². The van der Waals surface area contributed by atoms with Gasteiger partial charge < -0.3 is 9.64 Å². The van der Waals surface area contributed by atoms with Crippen molar-refractivity contribution in [1.82, 2.24) is 9.80 Å². The Kier molecular flexibility index (Phi) is 7.27. The number of hydrogen-bond acceptors (Lipinski definition) is 3. The maximum absolute atomic E-state index is 12.9. The molecule has 27 heavy (non-hydrogen) atoms. The van der Waals surface area contributed by atoms with Gasteiger partial charge in [0.1, 0.15) is 0 Å². The summed E-state index contributed by atoms with van der Waals surface area (Å²) in [7, 11) is 1.89. The summed E-state index contributed by atoms with van der Waals surface area (Å²) in [4.78, 5) is 17.1. The first-order chi connectivity index (χ1) is 13.1. The van der Waals surface area contributed by atoms with Gasteiger partial charge in [0.15, 0.2) is 0 Å². The van der Waals surface area contributed by atoms with Crippen molar-refractivity contribution in [2.75, 3.05) is 46.4 Å². The highest BCUT2D eigenvalue weighted by molar-refractivity contribution is 6.30. The lowest BCUT2D eigenvalue weighted by atomic mass is 9.88. The van der Waals surface area contributed by atoms with Crippen molar-refractivity contribution in [1.29, 1.82) is 0 Å². The first-order valence-electron chi connectivity index (χ1n) is 9.48. The summed E-state index contributed by atoms with van der Waals surface area (Å²) in [6.07, 6.45) is 0.434.